The summed E-state index contributed by atoms with van der Waals surface area (Å²) in [5.74, 6) is -0.165. The van der Waals surface area contributed by atoms with Gasteiger partial charge in [0.25, 0.3) is 5.56 Å². The number of esters is 1. The minimum atomic E-state index is -0.687. The number of nitrogens with one attached hydrogen (secondary N) is 1. The average Bonchev–Trinajstić information content (AvgIpc) is 3.21. The van der Waals surface area contributed by atoms with E-state index in [-0.39, 0.29) is 5.56 Å². The van der Waals surface area contributed by atoms with Crippen LogP contribution in [-0.2, 0) is 11.3 Å². The van der Waals surface area contributed by atoms with Gasteiger partial charge in [0.05, 0.1) is 23.0 Å². The molecule has 140 valence electrons. The van der Waals surface area contributed by atoms with E-state index < -0.39 is 12.1 Å². The van der Waals surface area contributed by atoms with E-state index in [2.05, 4.69) is 15.1 Å². The van der Waals surface area contributed by atoms with Gasteiger partial charge in [-0.2, -0.15) is 5.10 Å². The van der Waals surface area contributed by atoms with Crippen LogP contribution >= 0.6 is 0 Å². The lowest BCUT2D eigenvalue weighted by atomic mass is 10.1. The van der Waals surface area contributed by atoms with Crippen LogP contribution in [0.15, 0.2) is 71.8 Å². The van der Waals surface area contributed by atoms with E-state index in [1.807, 2.05) is 24.4 Å². The van der Waals surface area contributed by atoms with E-state index in [1.54, 1.807) is 54.2 Å². The van der Waals surface area contributed by atoms with Crippen molar-refractivity contribution in [1.82, 2.24) is 19.7 Å². The summed E-state index contributed by atoms with van der Waals surface area (Å²) in [6.45, 7) is 2.30. The maximum Gasteiger partial charge on any atom is 0.338 e. The Kier molecular flexibility index (Phi) is 4.72. The third kappa shape index (κ3) is 3.68. The third-order valence-corrected chi connectivity index (χ3v) is 4.39. The Morgan fingerprint density at radius 3 is 2.68 bits per heavy atom. The van der Waals surface area contributed by atoms with Crippen molar-refractivity contribution in [1.29, 1.82) is 0 Å². The molecule has 2 heterocycles. The lowest BCUT2D eigenvalue weighted by Crippen LogP contribution is -2.17. The highest BCUT2D eigenvalue weighted by molar-refractivity contribution is 5.89. The van der Waals surface area contributed by atoms with Gasteiger partial charge in [0.2, 0.25) is 0 Å². The number of hydrogen-bond acceptors (Lipinski definition) is 5. The van der Waals surface area contributed by atoms with Crippen molar-refractivity contribution >= 4 is 16.9 Å². The van der Waals surface area contributed by atoms with Crippen LogP contribution in [0.5, 0.6) is 0 Å². The second kappa shape index (κ2) is 7.48. The summed E-state index contributed by atoms with van der Waals surface area (Å²) in [5, 5.41) is 4.66. The van der Waals surface area contributed by atoms with Gasteiger partial charge in [-0.05, 0) is 42.8 Å². The van der Waals surface area contributed by atoms with Crippen molar-refractivity contribution < 1.29 is 9.53 Å². The maximum atomic E-state index is 12.4. The molecule has 0 saturated carbocycles. The minimum Gasteiger partial charge on any atom is -0.451 e. The normalized spacial score (nSPS) is 12.0. The van der Waals surface area contributed by atoms with Gasteiger partial charge in [0, 0.05) is 12.4 Å². The number of benzene rings is 2. The van der Waals surface area contributed by atoms with Crippen molar-refractivity contribution in [3.63, 3.8) is 0 Å². The molecule has 1 unspecified atom stereocenters. The molecule has 0 spiro atoms. The summed E-state index contributed by atoms with van der Waals surface area (Å²) >= 11 is 0. The van der Waals surface area contributed by atoms with Crippen LogP contribution in [0.25, 0.3) is 10.9 Å². The van der Waals surface area contributed by atoms with Crippen molar-refractivity contribution in [2.75, 3.05) is 0 Å². The van der Waals surface area contributed by atoms with Gasteiger partial charge in [0.15, 0.2) is 11.9 Å². The zero-order chi connectivity index (χ0) is 19.5. The summed E-state index contributed by atoms with van der Waals surface area (Å²) in [7, 11) is 0. The molecular weight excluding hydrogens is 356 g/mol. The molecule has 0 radical (unpaired) electrons. The first-order chi connectivity index (χ1) is 13.6. The number of aromatic nitrogens is 4. The summed E-state index contributed by atoms with van der Waals surface area (Å²) in [6.07, 6.45) is 2.91. The Labute approximate surface area is 160 Å². The van der Waals surface area contributed by atoms with Crippen LogP contribution in [0.3, 0.4) is 0 Å². The maximum absolute atomic E-state index is 12.4. The fourth-order valence-corrected chi connectivity index (χ4v) is 2.91. The van der Waals surface area contributed by atoms with E-state index in [4.69, 9.17) is 4.74 Å². The first kappa shape index (κ1) is 17.7. The SMILES string of the molecule is CC(OC(=O)c1ccc(Cn2cccn2)cc1)c1nc2ccccc2c(=O)[nH]1. The lowest BCUT2D eigenvalue weighted by molar-refractivity contribution is 0.0320. The van der Waals surface area contributed by atoms with Gasteiger partial charge >= 0.3 is 5.97 Å². The number of nitrogens with zero attached hydrogens (tertiary/aromatic N) is 3. The quantitative estimate of drug-likeness (QED) is 0.542. The van der Waals surface area contributed by atoms with Gasteiger partial charge in [-0.1, -0.05) is 24.3 Å². The smallest absolute Gasteiger partial charge is 0.338 e. The van der Waals surface area contributed by atoms with Gasteiger partial charge < -0.3 is 9.72 Å². The molecule has 7 heteroatoms. The fraction of sp³-hybridized carbons (Fsp3) is 0.143. The Bertz CT molecular complexity index is 1160. The molecule has 4 aromatic rings. The minimum absolute atomic E-state index is 0.258. The monoisotopic (exact) mass is 374 g/mol. The first-order valence-electron chi connectivity index (χ1n) is 8.86. The average molecular weight is 374 g/mol. The van der Waals surface area contributed by atoms with Crippen molar-refractivity contribution in [3.8, 4) is 0 Å². The van der Waals surface area contributed by atoms with Crippen LogP contribution in [0.4, 0.5) is 0 Å². The topological polar surface area (TPSA) is 89.9 Å². The summed E-state index contributed by atoms with van der Waals surface area (Å²) in [5.41, 5.74) is 1.76. The van der Waals surface area contributed by atoms with E-state index in [1.165, 1.54) is 0 Å². The molecule has 4 rings (SSSR count). The number of rotatable bonds is 5. The molecule has 1 N–H and O–H groups in total. The van der Waals surface area contributed by atoms with Gasteiger partial charge in [0.1, 0.15) is 0 Å². The summed E-state index contributed by atoms with van der Waals surface area (Å²) in [4.78, 5) is 31.7. The number of hydrogen-bond donors (Lipinski definition) is 1. The Morgan fingerprint density at radius 2 is 1.93 bits per heavy atom. The number of H-pyrrole nitrogens is 1. The van der Waals surface area contributed by atoms with Crippen LogP contribution in [0, 0.1) is 0 Å². The van der Waals surface area contributed by atoms with E-state index >= 15 is 0 Å². The highest BCUT2D eigenvalue weighted by atomic mass is 16.5. The Balaban J connectivity index is 1.48. The zero-order valence-corrected chi connectivity index (χ0v) is 15.2. The standard InChI is InChI=1S/C21H18N4O3/c1-14(19-23-18-6-3-2-5-17(18)20(26)24-19)28-21(27)16-9-7-15(8-10-16)13-25-12-4-11-22-25/h2-12,14H,13H2,1H3,(H,23,24,26). The predicted octanol–water partition coefficient (Wildman–Crippen LogP) is 3.09. The molecule has 1 atom stereocenters. The lowest BCUT2D eigenvalue weighted by Gasteiger charge is -2.13. The Hall–Kier alpha value is -3.74. The van der Waals surface area contributed by atoms with E-state index in [9.17, 15) is 9.59 Å². The highest BCUT2D eigenvalue weighted by Gasteiger charge is 2.17. The van der Waals surface area contributed by atoms with Crippen LogP contribution in [0.2, 0.25) is 0 Å². The zero-order valence-electron chi connectivity index (χ0n) is 15.2. The summed E-state index contributed by atoms with van der Waals surface area (Å²) < 4.78 is 7.29. The number of aromatic amines is 1. The van der Waals surface area contributed by atoms with Crippen molar-refractivity contribution in [2.24, 2.45) is 0 Å². The molecule has 0 aliphatic heterocycles. The third-order valence-electron chi connectivity index (χ3n) is 4.39. The van der Waals surface area contributed by atoms with Crippen LogP contribution in [0.1, 0.15) is 34.8 Å². The van der Waals surface area contributed by atoms with Gasteiger partial charge in [-0.3, -0.25) is 9.48 Å². The molecule has 0 aliphatic rings. The number of fused-ring (bicyclic) bond motifs is 1. The van der Waals surface area contributed by atoms with Crippen LogP contribution in [-0.4, -0.2) is 25.7 Å². The second-order valence-electron chi connectivity index (χ2n) is 6.42. The molecule has 0 aliphatic carbocycles. The van der Waals surface area contributed by atoms with E-state index in [0.29, 0.717) is 28.8 Å². The van der Waals surface area contributed by atoms with E-state index in [0.717, 1.165) is 5.56 Å². The molecule has 28 heavy (non-hydrogen) atoms. The number of ether oxygens (including phenoxy) is 1. The van der Waals surface area contributed by atoms with Gasteiger partial charge in [-0.15, -0.1) is 0 Å². The molecular formula is C21H18N4O3. The molecule has 0 saturated heterocycles. The van der Waals surface area contributed by atoms with Crippen molar-refractivity contribution in [2.45, 2.75) is 19.6 Å². The second-order valence-corrected chi connectivity index (χ2v) is 6.42. The largest absolute Gasteiger partial charge is 0.451 e. The van der Waals surface area contributed by atoms with Crippen molar-refractivity contribution in [3.05, 3.63) is 94.3 Å². The molecule has 2 aromatic carbocycles. The molecule has 0 amide bonds. The van der Waals surface area contributed by atoms with Crippen LogP contribution < -0.4 is 5.56 Å². The molecule has 7 nitrogen and oxygen atoms in total. The molecule has 0 bridgehead atoms. The number of carbonyl (C=O) groups is 1. The predicted molar refractivity (Wildman–Crippen MR) is 104 cm³/mol. The highest BCUT2D eigenvalue weighted by Crippen LogP contribution is 2.17. The van der Waals surface area contributed by atoms with Gasteiger partial charge in [-0.25, -0.2) is 9.78 Å². The summed E-state index contributed by atoms with van der Waals surface area (Å²) in [6, 6.07) is 16.0. The number of para-hydroxylation sites is 1. The fourth-order valence-electron chi connectivity index (χ4n) is 2.91. The first-order valence-corrected chi connectivity index (χ1v) is 8.86. The molecule has 2 aromatic heterocycles. The molecule has 0 fully saturated rings. The number of carbonyl (C=O) groups excluding carboxylic acids is 1. The Morgan fingerprint density at radius 1 is 1.14 bits per heavy atom.